The summed E-state index contributed by atoms with van der Waals surface area (Å²) in [6.07, 6.45) is 0.486. The summed E-state index contributed by atoms with van der Waals surface area (Å²) < 4.78 is 1.07. The van der Waals surface area contributed by atoms with E-state index in [1.165, 1.54) is 0 Å². The Morgan fingerprint density at radius 1 is 1.13 bits per heavy atom. The molecule has 0 unspecified atom stereocenters. The summed E-state index contributed by atoms with van der Waals surface area (Å²) in [6, 6.07) is 13.3. The highest BCUT2D eigenvalue weighted by atomic mass is 79.9. The summed E-state index contributed by atoms with van der Waals surface area (Å²) in [6.45, 7) is 0. The van der Waals surface area contributed by atoms with Gasteiger partial charge in [-0.25, -0.2) is 0 Å². The van der Waals surface area contributed by atoms with Crippen LogP contribution in [0.15, 0.2) is 46.3 Å². The normalized spacial score (nSPS) is 10.2. The molecule has 1 aromatic heterocycles. The monoisotopic (exact) mass is 280 g/mol. The molecule has 0 fully saturated rings. The summed E-state index contributed by atoms with van der Waals surface area (Å²) in [5.41, 5.74) is 0.780. The molecule has 0 bridgehead atoms. The van der Waals surface area contributed by atoms with Crippen molar-refractivity contribution in [2.75, 3.05) is 0 Å². The molecule has 0 saturated heterocycles. The molecule has 0 radical (unpaired) electrons. The minimum atomic E-state index is 0.171. The molecule has 2 aromatic rings. The topological polar surface area (TPSA) is 17.1 Å². The van der Waals surface area contributed by atoms with Crippen LogP contribution in [-0.2, 0) is 6.42 Å². The smallest absolute Gasteiger partial charge is 0.168 e. The van der Waals surface area contributed by atoms with E-state index in [4.69, 9.17) is 0 Å². The van der Waals surface area contributed by atoms with Crippen LogP contribution in [0.3, 0.4) is 0 Å². The predicted molar refractivity (Wildman–Crippen MR) is 66.5 cm³/mol. The minimum Gasteiger partial charge on any atom is -0.294 e. The van der Waals surface area contributed by atoms with Crippen molar-refractivity contribution < 1.29 is 4.79 Å². The fourth-order valence-electron chi connectivity index (χ4n) is 1.33. The molecule has 3 heteroatoms. The first kappa shape index (κ1) is 10.6. The molecule has 0 aliphatic rings. The van der Waals surface area contributed by atoms with Crippen LogP contribution in [0.5, 0.6) is 0 Å². The van der Waals surface area contributed by atoms with E-state index in [-0.39, 0.29) is 5.78 Å². The number of halogens is 1. The Labute approximate surface area is 101 Å². The van der Waals surface area contributed by atoms with Crippen molar-refractivity contribution in [2.45, 2.75) is 6.42 Å². The standard InChI is InChI=1S/C12H9BrOS/c13-12-7-6-10(15-12)8-11(14)9-4-2-1-3-5-9/h1-7H,8H2. The largest absolute Gasteiger partial charge is 0.294 e. The van der Waals surface area contributed by atoms with Crippen LogP contribution in [0.2, 0.25) is 0 Å². The molecule has 0 aliphatic heterocycles. The number of hydrogen-bond acceptors (Lipinski definition) is 2. The molecule has 1 nitrogen and oxygen atoms in total. The lowest BCUT2D eigenvalue weighted by atomic mass is 10.1. The first-order valence-electron chi connectivity index (χ1n) is 4.58. The van der Waals surface area contributed by atoms with Crippen molar-refractivity contribution in [1.82, 2.24) is 0 Å². The number of Topliss-reactive ketones (excluding diaryl/α,β-unsaturated/α-hetero) is 1. The second-order valence-corrected chi connectivity index (χ2v) is 5.72. The van der Waals surface area contributed by atoms with Crippen molar-refractivity contribution in [3.05, 3.63) is 56.7 Å². The first-order valence-corrected chi connectivity index (χ1v) is 6.19. The van der Waals surface area contributed by atoms with Gasteiger partial charge < -0.3 is 0 Å². The van der Waals surface area contributed by atoms with Gasteiger partial charge in [0.2, 0.25) is 0 Å². The summed E-state index contributed by atoms with van der Waals surface area (Å²) in [4.78, 5) is 12.9. The molecule has 0 N–H and O–H groups in total. The molecule has 2 rings (SSSR count). The number of carbonyl (C=O) groups is 1. The fourth-order valence-corrected chi connectivity index (χ4v) is 2.81. The van der Waals surface area contributed by atoms with Crippen LogP contribution in [0.4, 0.5) is 0 Å². The van der Waals surface area contributed by atoms with Crippen LogP contribution in [0.25, 0.3) is 0 Å². The van der Waals surface area contributed by atoms with Gasteiger partial charge in [-0.3, -0.25) is 4.79 Å². The second-order valence-electron chi connectivity index (χ2n) is 3.17. The summed E-state index contributed by atoms with van der Waals surface area (Å²) in [5, 5.41) is 0. The predicted octanol–water partition coefficient (Wildman–Crippen LogP) is 3.94. The Bertz CT molecular complexity index is 461. The van der Waals surface area contributed by atoms with Crippen LogP contribution < -0.4 is 0 Å². The highest BCUT2D eigenvalue weighted by Crippen LogP contribution is 2.23. The summed E-state index contributed by atoms with van der Waals surface area (Å²) >= 11 is 4.99. The maximum absolute atomic E-state index is 11.8. The lowest BCUT2D eigenvalue weighted by molar-refractivity contribution is 0.0994. The third-order valence-electron chi connectivity index (χ3n) is 2.06. The fraction of sp³-hybridized carbons (Fsp3) is 0.0833. The number of rotatable bonds is 3. The zero-order valence-corrected chi connectivity index (χ0v) is 10.3. The van der Waals surface area contributed by atoms with Gasteiger partial charge in [0, 0.05) is 16.9 Å². The van der Waals surface area contributed by atoms with Gasteiger partial charge >= 0.3 is 0 Å². The number of ketones is 1. The van der Waals surface area contributed by atoms with E-state index in [9.17, 15) is 4.79 Å². The van der Waals surface area contributed by atoms with E-state index in [2.05, 4.69) is 15.9 Å². The summed E-state index contributed by atoms with van der Waals surface area (Å²) in [5.74, 6) is 0.171. The molecule has 0 aliphatic carbocycles. The van der Waals surface area contributed by atoms with Gasteiger partial charge in [-0.05, 0) is 28.1 Å². The van der Waals surface area contributed by atoms with Crippen molar-refractivity contribution in [3.63, 3.8) is 0 Å². The number of thiophene rings is 1. The molecular weight excluding hydrogens is 272 g/mol. The molecule has 0 amide bonds. The van der Waals surface area contributed by atoms with Crippen molar-refractivity contribution >= 4 is 33.0 Å². The van der Waals surface area contributed by atoms with E-state index in [0.29, 0.717) is 6.42 Å². The molecule has 0 spiro atoms. The quantitative estimate of drug-likeness (QED) is 0.779. The Hall–Kier alpha value is -0.930. The van der Waals surface area contributed by atoms with Gasteiger partial charge in [0.1, 0.15) is 0 Å². The zero-order valence-electron chi connectivity index (χ0n) is 7.94. The minimum absolute atomic E-state index is 0.171. The van der Waals surface area contributed by atoms with Crippen LogP contribution in [0, 0.1) is 0 Å². The van der Waals surface area contributed by atoms with Crippen molar-refractivity contribution in [1.29, 1.82) is 0 Å². The average Bonchev–Trinajstić information content (AvgIpc) is 2.65. The molecule has 0 saturated carbocycles. The van der Waals surface area contributed by atoms with Gasteiger partial charge in [-0.2, -0.15) is 0 Å². The SMILES string of the molecule is O=C(Cc1ccc(Br)s1)c1ccccc1. The van der Waals surface area contributed by atoms with E-state index in [1.54, 1.807) is 11.3 Å². The van der Waals surface area contributed by atoms with Gasteiger partial charge in [-0.15, -0.1) is 11.3 Å². The van der Waals surface area contributed by atoms with Crippen LogP contribution in [0.1, 0.15) is 15.2 Å². The molecule has 76 valence electrons. The van der Waals surface area contributed by atoms with Crippen LogP contribution >= 0.6 is 27.3 Å². The number of carbonyl (C=O) groups excluding carboxylic acids is 1. The van der Waals surface area contributed by atoms with E-state index in [0.717, 1.165) is 14.2 Å². The van der Waals surface area contributed by atoms with Crippen molar-refractivity contribution in [3.8, 4) is 0 Å². The molecular formula is C12H9BrOS. The highest BCUT2D eigenvalue weighted by Gasteiger charge is 2.07. The van der Waals surface area contributed by atoms with Gasteiger partial charge in [0.15, 0.2) is 5.78 Å². The average molecular weight is 281 g/mol. The first-order chi connectivity index (χ1) is 7.25. The van der Waals surface area contributed by atoms with E-state index >= 15 is 0 Å². The second kappa shape index (κ2) is 4.73. The van der Waals surface area contributed by atoms with Gasteiger partial charge in [0.25, 0.3) is 0 Å². The Morgan fingerprint density at radius 3 is 2.47 bits per heavy atom. The van der Waals surface area contributed by atoms with E-state index in [1.807, 2.05) is 42.5 Å². The summed E-state index contributed by atoms with van der Waals surface area (Å²) in [7, 11) is 0. The molecule has 1 aromatic carbocycles. The number of hydrogen-bond donors (Lipinski definition) is 0. The lowest BCUT2D eigenvalue weighted by Crippen LogP contribution is -2.01. The third-order valence-corrected chi connectivity index (χ3v) is 3.68. The maximum Gasteiger partial charge on any atom is 0.168 e. The van der Waals surface area contributed by atoms with Crippen molar-refractivity contribution in [2.24, 2.45) is 0 Å². The number of benzene rings is 1. The Kier molecular flexibility index (Phi) is 3.34. The third kappa shape index (κ3) is 2.76. The van der Waals surface area contributed by atoms with Gasteiger partial charge in [0.05, 0.1) is 3.79 Å². The lowest BCUT2D eigenvalue weighted by Gasteiger charge is -1.97. The highest BCUT2D eigenvalue weighted by molar-refractivity contribution is 9.11. The van der Waals surface area contributed by atoms with Gasteiger partial charge in [-0.1, -0.05) is 30.3 Å². The van der Waals surface area contributed by atoms with Crippen LogP contribution in [-0.4, -0.2) is 5.78 Å². The molecule has 15 heavy (non-hydrogen) atoms. The Morgan fingerprint density at radius 2 is 1.87 bits per heavy atom. The molecule has 1 heterocycles. The Balaban J connectivity index is 2.11. The van der Waals surface area contributed by atoms with E-state index < -0.39 is 0 Å². The maximum atomic E-state index is 11.8. The molecule has 0 atom stereocenters. The zero-order chi connectivity index (χ0) is 10.7.